The van der Waals surface area contributed by atoms with Gasteiger partial charge in [-0.25, -0.2) is 0 Å². The van der Waals surface area contributed by atoms with Gasteiger partial charge in [0, 0.05) is 0 Å². The second-order valence-electron chi connectivity index (χ2n) is 2.23. The summed E-state index contributed by atoms with van der Waals surface area (Å²) in [5.74, 6) is -0.867. The minimum absolute atomic E-state index is 0.496. The summed E-state index contributed by atoms with van der Waals surface area (Å²) >= 11 is 0. The standard InChI is InChI=1S/C9H9O2/c10-9(11)7-6-8-4-2-1-3-5-8/h1-5,7H,6H2,(H,10,11). The largest absolute Gasteiger partial charge is 0.481 e. The van der Waals surface area contributed by atoms with Crippen molar-refractivity contribution in [2.24, 2.45) is 0 Å². The Morgan fingerprint density at radius 2 is 2.00 bits per heavy atom. The quantitative estimate of drug-likeness (QED) is 0.707. The Labute approximate surface area is 65.5 Å². The number of hydrogen-bond acceptors (Lipinski definition) is 1. The minimum Gasteiger partial charge on any atom is -0.481 e. The van der Waals surface area contributed by atoms with Crippen molar-refractivity contribution in [3.05, 3.63) is 42.3 Å². The van der Waals surface area contributed by atoms with Crippen molar-refractivity contribution in [1.82, 2.24) is 0 Å². The highest BCUT2D eigenvalue weighted by molar-refractivity contribution is 5.76. The third-order valence-corrected chi connectivity index (χ3v) is 1.36. The van der Waals surface area contributed by atoms with Gasteiger partial charge in [-0.1, -0.05) is 30.3 Å². The second kappa shape index (κ2) is 3.76. The van der Waals surface area contributed by atoms with Gasteiger partial charge in [0.05, 0.1) is 6.42 Å². The number of rotatable bonds is 3. The first-order chi connectivity index (χ1) is 5.29. The zero-order chi connectivity index (χ0) is 8.10. The van der Waals surface area contributed by atoms with Crippen LogP contribution in [0.25, 0.3) is 0 Å². The van der Waals surface area contributed by atoms with Gasteiger partial charge in [-0.15, -0.1) is 0 Å². The van der Waals surface area contributed by atoms with E-state index in [1.54, 1.807) is 0 Å². The molecule has 0 aliphatic heterocycles. The lowest BCUT2D eigenvalue weighted by atomic mass is 10.1. The Hall–Kier alpha value is -1.31. The molecule has 0 fully saturated rings. The molecule has 1 aromatic carbocycles. The monoisotopic (exact) mass is 149 g/mol. The van der Waals surface area contributed by atoms with E-state index in [0.717, 1.165) is 5.56 Å². The zero-order valence-electron chi connectivity index (χ0n) is 6.03. The van der Waals surface area contributed by atoms with Crippen molar-refractivity contribution in [2.45, 2.75) is 6.42 Å². The molecule has 1 radical (unpaired) electrons. The van der Waals surface area contributed by atoms with Gasteiger partial charge < -0.3 is 5.11 Å². The van der Waals surface area contributed by atoms with Crippen LogP contribution in [0.4, 0.5) is 0 Å². The van der Waals surface area contributed by atoms with Gasteiger partial charge in [0.25, 0.3) is 0 Å². The molecular weight excluding hydrogens is 140 g/mol. The molecule has 0 aromatic heterocycles. The number of hydrogen-bond donors (Lipinski definition) is 1. The van der Waals surface area contributed by atoms with E-state index >= 15 is 0 Å². The topological polar surface area (TPSA) is 37.3 Å². The minimum atomic E-state index is -0.867. The maximum Gasteiger partial charge on any atom is 0.307 e. The Morgan fingerprint density at radius 1 is 1.36 bits per heavy atom. The van der Waals surface area contributed by atoms with Gasteiger partial charge in [-0.2, -0.15) is 0 Å². The molecule has 0 aliphatic carbocycles. The third kappa shape index (κ3) is 2.85. The van der Waals surface area contributed by atoms with Crippen molar-refractivity contribution in [3.8, 4) is 0 Å². The normalized spacial score (nSPS) is 9.45. The second-order valence-corrected chi connectivity index (χ2v) is 2.23. The molecule has 1 aromatic rings. The lowest BCUT2D eigenvalue weighted by Crippen LogP contribution is -1.98. The van der Waals surface area contributed by atoms with Crippen LogP contribution >= 0.6 is 0 Å². The van der Waals surface area contributed by atoms with Crippen LogP contribution in [0.2, 0.25) is 0 Å². The lowest BCUT2D eigenvalue weighted by molar-refractivity contribution is -0.133. The van der Waals surface area contributed by atoms with E-state index in [2.05, 4.69) is 0 Å². The van der Waals surface area contributed by atoms with Gasteiger partial charge in [0.15, 0.2) is 0 Å². The summed E-state index contributed by atoms with van der Waals surface area (Å²) in [5.41, 5.74) is 1.02. The maximum absolute atomic E-state index is 10.1. The van der Waals surface area contributed by atoms with Gasteiger partial charge >= 0.3 is 5.97 Å². The van der Waals surface area contributed by atoms with Gasteiger partial charge in [0.1, 0.15) is 0 Å². The van der Waals surface area contributed by atoms with Crippen molar-refractivity contribution in [1.29, 1.82) is 0 Å². The number of carboxylic acid groups (broad SMARTS) is 1. The SMILES string of the molecule is O=C(O)[CH]Cc1ccccc1. The molecule has 0 spiro atoms. The van der Waals surface area contributed by atoms with Crippen LogP contribution in [-0.4, -0.2) is 11.1 Å². The number of carboxylic acids is 1. The van der Waals surface area contributed by atoms with E-state index in [1.807, 2.05) is 30.3 Å². The zero-order valence-corrected chi connectivity index (χ0v) is 6.03. The van der Waals surface area contributed by atoms with E-state index in [-0.39, 0.29) is 0 Å². The van der Waals surface area contributed by atoms with Gasteiger partial charge in [-0.3, -0.25) is 4.79 Å². The average molecular weight is 149 g/mol. The summed E-state index contributed by atoms with van der Waals surface area (Å²) in [4.78, 5) is 10.1. The molecule has 57 valence electrons. The smallest absolute Gasteiger partial charge is 0.307 e. The predicted octanol–water partition coefficient (Wildman–Crippen LogP) is 1.52. The summed E-state index contributed by atoms with van der Waals surface area (Å²) in [6, 6.07) is 9.50. The third-order valence-electron chi connectivity index (χ3n) is 1.36. The van der Waals surface area contributed by atoms with E-state index in [9.17, 15) is 4.79 Å². The van der Waals surface area contributed by atoms with Crippen LogP contribution in [0.15, 0.2) is 30.3 Å². The fourth-order valence-corrected chi connectivity index (χ4v) is 0.819. The van der Waals surface area contributed by atoms with Gasteiger partial charge in [-0.05, 0) is 12.0 Å². The molecule has 0 unspecified atom stereocenters. The van der Waals surface area contributed by atoms with E-state index in [0.29, 0.717) is 6.42 Å². The highest BCUT2D eigenvalue weighted by Crippen LogP contribution is 2.00. The summed E-state index contributed by atoms with van der Waals surface area (Å²) in [6.45, 7) is 0. The van der Waals surface area contributed by atoms with Crippen LogP contribution in [0, 0.1) is 6.42 Å². The molecule has 0 saturated heterocycles. The molecule has 0 atom stereocenters. The average Bonchev–Trinajstić information content (AvgIpc) is 2.03. The molecular formula is C9H9O2. The van der Waals surface area contributed by atoms with Crippen molar-refractivity contribution in [2.75, 3.05) is 0 Å². The molecule has 0 aliphatic rings. The predicted molar refractivity (Wildman–Crippen MR) is 42.1 cm³/mol. The summed E-state index contributed by atoms with van der Waals surface area (Å²) in [7, 11) is 0. The molecule has 2 heteroatoms. The Kier molecular flexibility index (Phi) is 2.66. The Bertz CT molecular complexity index is 229. The van der Waals surface area contributed by atoms with E-state index in [1.165, 1.54) is 6.42 Å². The van der Waals surface area contributed by atoms with Gasteiger partial charge in [0.2, 0.25) is 0 Å². The Balaban J connectivity index is 2.45. The molecule has 0 heterocycles. The molecule has 0 bridgehead atoms. The van der Waals surface area contributed by atoms with Crippen molar-refractivity contribution >= 4 is 5.97 Å². The summed E-state index contributed by atoms with van der Waals surface area (Å²) in [6.07, 6.45) is 1.74. The highest BCUT2D eigenvalue weighted by atomic mass is 16.4. The first-order valence-electron chi connectivity index (χ1n) is 3.39. The molecule has 1 rings (SSSR count). The Morgan fingerprint density at radius 3 is 2.55 bits per heavy atom. The molecule has 1 N–H and O–H groups in total. The van der Waals surface area contributed by atoms with Crippen LogP contribution in [0.1, 0.15) is 5.56 Å². The number of carbonyl (C=O) groups is 1. The maximum atomic E-state index is 10.1. The summed E-state index contributed by atoms with van der Waals surface area (Å²) < 4.78 is 0. The fourth-order valence-electron chi connectivity index (χ4n) is 0.819. The van der Waals surface area contributed by atoms with E-state index < -0.39 is 5.97 Å². The lowest BCUT2D eigenvalue weighted by Gasteiger charge is -1.95. The highest BCUT2D eigenvalue weighted by Gasteiger charge is 1.97. The first kappa shape index (κ1) is 7.79. The number of aliphatic carboxylic acids is 1. The van der Waals surface area contributed by atoms with Crippen LogP contribution in [0.5, 0.6) is 0 Å². The van der Waals surface area contributed by atoms with Crippen LogP contribution in [0.3, 0.4) is 0 Å². The van der Waals surface area contributed by atoms with Crippen LogP contribution in [-0.2, 0) is 11.2 Å². The molecule has 0 saturated carbocycles. The van der Waals surface area contributed by atoms with Crippen molar-refractivity contribution in [3.63, 3.8) is 0 Å². The van der Waals surface area contributed by atoms with Crippen molar-refractivity contribution < 1.29 is 9.90 Å². The fraction of sp³-hybridized carbons (Fsp3) is 0.111. The number of benzene rings is 1. The summed E-state index contributed by atoms with van der Waals surface area (Å²) in [5, 5.41) is 8.32. The first-order valence-corrected chi connectivity index (χ1v) is 3.39. The molecule has 2 nitrogen and oxygen atoms in total. The molecule has 11 heavy (non-hydrogen) atoms. The molecule has 0 amide bonds. The van der Waals surface area contributed by atoms with Crippen LogP contribution < -0.4 is 0 Å². The van der Waals surface area contributed by atoms with E-state index in [4.69, 9.17) is 5.11 Å².